The highest BCUT2D eigenvalue weighted by molar-refractivity contribution is 9.10. The Bertz CT molecular complexity index is 422. The Morgan fingerprint density at radius 3 is 2.53 bits per heavy atom. The smallest absolute Gasteiger partial charge is 0.124 e. The van der Waals surface area contributed by atoms with Crippen molar-refractivity contribution in [2.75, 3.05) is 26.2 Å². The zero-order valence-corrected chi connectivity index (χ0v) is 12.6. The number of piperazine rings is 1. The lowest BCUT2D eigenvalue weighted by atomic mass is 9.76. The predicted octanol–water partition coefficient (Wildman–Crippen LogP) is 3.33. The first-order valence-electron chi connectivity index (χ1n) is 7.15. The minimum atomic E-state index is -0.135. The molecule has 0 amide bonds. The average Bonchev–Trinajstić information content (AvgIpc) is 2.33. The van der Waals surface area contributed by atoms with E-state index >= 15 is 0 Å². The highest BCUT2D eigenvalue weighted by Gasteiger charge is 2.33. The lowest BCUT2D eigenvalue weighted by Gasteiger charge is -2.43. The third-order valence-electron chi connectivity index (χ3n) is 4.37. The van der Waals surface area contributed by atoms with Crippen molar-refractivity contribution in [3.05, 3.63) is 34.1 Å². The van der Waals surface area contributed by atoms with Crippen molar-refractivity contribution in [3.8, 4) is 0 Å². The fourth-order valence-corrected chi connectivity index (χ4v) is 3.73. The number of benzene rings is 1. The summed E-state index contributed by atoms with van der Waals surface area (Å²) in [7, 11) is 0. The summed E-state index contributed by atoms with van der Waals surface area (Å²) in [5, 5.41) is 3.39. The topological polar surface area (TPSA) is 15.3 Å². The van der Waals surface area contributed by atoms with Crippen LogP contribution in [0.25, 0.3) is 0 Å². The summed E-state index contributed by atoms with van der Waals surface area (Å²) in [6, 6.07) is 5.74. The molecular formula is C15H20BrFN2. The Kier molecular flexibility index (Phi) is 4.20. The zero-order valence-electron chi connectivity index (χ0n) is 11.0. The van der Waals surface area contributed by atoms with Gasteiger partial charge in [-0.1, -0.05) is 22.4 Å². The molecular weight excluding hydrogens is 307 g/mol. The minimum Gasteiger partial charge on any atom is -0.314 e. The van der Waals surface area contributed by atoms with Gasteiger partial charge in [-0.05, 0) is 42.5 Å². The van der Waals surface area contributed by atoms with E-state index in [1.165, 1.54) is 19.3 Å². The lowest BCUT2D eigenvalue weighted by molar-refractivity contribution is 0.0835. The Balaban J connectivity index is 1.88. The summed E-state index contributed by atoms with van der Waals surface area (Å²) in [6.45, 7) is 4.21. The quantitative estimate of drug-likeness (QED) is 0.916. The van der Waals surface area contributed by atoms with Crippen molar-refractivity contribution in [3.63, 3.8) is 0 Å². The van der Waals surface area contributed by atoms with Gasteiger partial charge in [0.05, 0.1) is 0 Å². The Hall–Kier alpha value is -0.450. The summed E-state index contributed by atoms with van der Waals surface area (Å²) in [5.41, 5.74) is 1.14. The van der Waals surface area contributed by atoms with E-state index in [4.69, 9.17) is 0 Å². The first-order chi connectivity index (χ1) is 9.24. The van der Waals surface area contributed by atoms with Crippen molar-refractivity contribution in [1.82, 2.24) is 10.2 Å². The normalized spacial score (nSPS) is 23.1. The Labute approximate surface area is 122 Å². The molecule has 2 fully saturated rings. The van der Waals surface area contributed by atoms with Gasteiger partial charge in [-0.15, -0.1) is 0 Å². The zero-order chi connectivity index (χ0) is 13.2. The third-order valence-corrected chi connectivity index (χ3v) is 4.83. The molecule has 0 aromatic heterocycles. The molecule has 0 radical (unpaired) electrons. The van der Waals surface area contributed by atoms with Crippen molar-refractivity contribution < 1.29 is 4.39 Å². The van der Waals surface area contributed by atoms with Crippen LogP contribution in [0.5, 0.6) is 0 Å². The van der Waals surface area contributed by atoms with Gasteiger partial charge in [-0.3, -0.25) is 4.90 Å². The van der Waals surface area contributed by atoms with Crippen LogP contribution in [-0.2, 0) is 0 Å². The van der Waals surface area contributed by atoms with E-state index in [1.807, 2.05) is 0 Å². The second-order valence-corrected chi connectivity index (χ2v) is 6.54. The molecule has 0 spiro atoms. The van der Waals surface area contributed by atoms with Crippen LogP contribution in [-0.4, -0.2) is 31.1 Å². The van der Waals surface area contributed by atoms with E-state index in [0.717, 1.165) is 36.2 Å². The standard InChI is InChI=1S/C15H20BrFN2/c16-13-8-12(9-14(17)10-13)15(11-2-1-3-11)19-6-4-18-5-7-19/h8-11,15,18H,1-7H2/t15-/m1/s1. The van der Waals surface area contributed by atoms with Gasteiger partial charge in [0.2, 0.25) is 0 Å². The monoisotopic (exact) mass is 326 g/mol. The Morgan fingerprint density at radius 1 is 1.21 bits per heavy atom. The van der Waals surface area contributed by atoms with E-state index in [2.05, 4.69) is 32.2 Å². The lowest BCUT2D eigenvalue weighted by Crippen LogP contribution is -2.47. The van der Waals surface area contributed by atoms with Crippen molar-refractivity contribution in [2.24, 2.45) is 5.92 Å². The highest BCUT2D eigenvalue weighted by atomic mass is 79.9. The van der Waals surface area contributed by atoms with Crippen LogP contribution in [0.3, 0.4) is 0 Å². The van der Waals surface area contributed by atoms with Crippen molar-refractivity contribution >= 4 is 15.9 Å². The van der Waals surface area contributed by atoms with Gasteiger partial charge in [0, 0.05) is 36.7 Å². The van der Waals surface area contributed by atoms with Crippen LogP contribution in [0.15, 0.2) is 22.7 Å². The third kappa shape index (κ3) is 3.01. The summed E-state index contributed by atoms with van der Waals surface area (Å²) < 4.78 is 14.5. The molecule has 1 saturated carbocycles. The first kappa shape index (κ1) is 13.5. The SMILES string of the molecule is Fc1cc(Br)cc([C@@H](C2CCC2)N2CCNCC2)c1. The molecule has 3 rings (SSSR count). The van der Waals surface area contributed by atoms with Gasteiger partial charge >= 0.3 is 0 Å². The maximum absolute atomic E-state index is 13.7. The maximum atomic E-state index is 13.7. The van der Waals surface area contributed by atoms with E-state index in [-0.39, 0.29) is 5.82 Å². The number of nitrogens with one attached hydrogen (secondary N) is 1. The first-order valence-corrected chi connectivity index (χ1v) is 7.94. The molecule has 1 heterocycles. The second kappa shape index (κ2) is 5.90. The fourth-order valence-electron chi connectivity index (χ4n) is 3.24. The molecule has 2 nitrogen and oxygen atoms in total. The second-order valence-electron chi connectivity index (χ2n) is 5.62. The summed E-state index contributed by atoms with van der Waals surface area (Å²) in [4.78, 5) is 2.53. The van der Waals surface area contributed by atoms with Crippen LogP contribution >= 0.6 is 15.9 Å². The van der Waals surface area contributed by atoms with Crippen LogP contribution in [0.2, 0.25) is 0 Å². The van der Waals surface area contributed by atoms with Crippen molar-refractivity contribution in [1.29, 1.82) is 0 Å². The number of hydrogen-bond donors (Lipinski definition) is 1. The Morgan fingerprint density at radius 2 is 1.95 bits per heavy atom. The summed E-state index contributed by atoms with van der Waals surface area (Å²) in [6.07, 6.45) is 3.88. The fraction of sp³-hybridized carbons (Fsp3) is 0.600. The molecule has 2 aliphatic rings. The van der Waals surface area contributed by atoms with Gasteiger partial charge in [0.15, 0.2) is 0 Å². The molecule has 4 heteroatoms. The number of halogens is 2. The van der Waals surface area contributed by atoms with Crippen LogP contribution in [0.4, 0.5) is 4.39 Å². The highest BCUT2D eigenvalue weighted by Crippen LogP contribution is 2.42. The van der Waals surface area contributed by atoms with Crippen LogP contribution in [0, 0.1) is 11.7 Å². The molecule has 1 aromatic rings. The largest absolute Gasteiger partial charge is 0.314 e. The minimum absolute atomic E-state index is 0.135. The molecule has 1 aromatic carbocycles. The van der Waals surface area contributed by atoms with E-state index in [0.29, 0.717) is 12.0 Å². The van der Waals surface area contributed by atoms with Gasteiger partial charge < -0.3 is 5.32 Å². The molecule has 1 saturated heterocycles. The van der Waals surface area contributed by atoms with E-state index in [9.17, 15) is 4.39 Å². The molecule has 19 heavy (non-hydrogen) atoms. The maximum Gasteiger partial charge on any atom is 0.124 e. The number of nitrogens with zero attached hydrogens (tertiary/aromatic N) is 1. The van der Waals surface area contributed by atoms with Gasteiger partial charge in [-0.25, -0.2) is 4.39 Å². The van der Waals surface area contributed by atoms with Gasteiger partial charge in [-0.2, -0.15) is 0 Å². The van der Waals surface area contributed by atoms with Crippen molar-refractivity contribution in [2.45, 2.75) is 25.3 Å². The summed E-state index contributed by atoms with van der Waals surface area (Å²) >= 11 is 3.42. The molecule has 1 atom stereocenters. The number of rotatable bonds is 3. The molecule has 104 valence electrons. The number of hydrogen-bond acceptors (Lipinski definition) is 2. The molecule has 0 bridgehead atoms. The molecule has 1 aliphatic carbocycles. The van der Waals surface area contributed by atoms with E-state index < -0.39 is 0 Å². The molecule has 1 N–H and O–H groups in total. The van der Waals surface area contributed by atoms with E-state index in [1.54, 1.807) is 12.1 Å². The van der Waals surface area contributed by atoms with Gasteiger partial charge in [0.1, 0.15) is 5.82 Å². The van der Waals surface area contributed by atoms with Crippen LogP contribution < -0.4 is 5.32 Å². The average molecular weight is 327 g/mol. The summed E-state index contributed by atoms with van der Waals surface area (Å²) in [5.74, 6) is 0.565. The molecule has 1 aliphatic heterocycles. The molecule has 0 unspecified atom stereocenters. The van der Waals surface area contributed by atoms with Crippen LogP contribution in [0.1, 0.15) is 30.9 Å². The predicted molar refractivity (Wildman–Crippen MR) is 78.6 cm³/mol. The van der Waals surface area contributed by atoms with Gasteiger partial charge in [0.25, 0.3) is 0 Å².